The van der Waals surface area contributed by atoms with Crippen molar-refractivity contribution in [3.63, 3.8) is 0 Å². The van der Waals surface area contributed by atoms with Gasteiger partial charge in [-0.05, 0) is 20.4 Å². The van der Waals surface area contributed by atoms with Gasteiger partial charge in [-0.3, -0.25) is 13.8 Å². The van der Waals surface area contributed by atoms with Crippen molar-refractivity contribution >= 4 is 13.8 Å². The van der Waals surface area contributed by atoms with E-state index in [4.69, 9.17) is 13.8 Å². The molecule has 0 fully saturated rings. The molecule has 2 unspecified atom stereocenters. The van der Waals surface area contributed by atoms with Gasteiger partial charge in [0.1, 0.15) is 19.8 Å². The van der Waals surface area contributed by atoms with Gasteiger partial charge in [0.2, 0.25) is 0 Å². The van der Waals surface area contributed by atoms with Crippen molar-refractivity contribution in [1.82, 2.24) is 5.32 Å². The fourth-order valence-electron chi connectivity index (χ4n) is 3.48. The largest absolute Gasteiger partial charge is 0.472 e. The lowest BCUT2D eigenvalue weighted by Crippen LogP contribution is -2.48. The van der Waals surface area contributed by atoms with Gasteiger partial charge in [0.15, 0.2) is 0 Å². The molecule has 35 heavy (non-hydrogen) atoms. The molecule has 210 valence electrons. The van der Waals surface area contributed by atoms with Gasteiger partial charge in [-0.25, -0.2) is 4.57 Å². The third-order valence-electron chi connectivity index (χ3n) is 6.20. The van der Waals surface area contributed by atoms with Crippen LogP contribution in [0.5, 0.6) is 0 Å². The normalized spacial score (nSPS) is 15.5. The van der Waals surface area contributed by atoms with Gasteiger partial charge >= 0.3 is 13.8 Å². The Morgan fingerprint density at radius 2 is 1.34 bits per heavy atom. The molecular weight excluding hydrogens is 467 g/mol. The number of nitrogens with zero attached hydrogens (tertiary/aromatic N) is 1. The van der Waals surface area contributed by atoms with Crippen LogP contribution in [0.3, 0.4) is 0 Å². The molecule has 0 aromatic carbocycles. The van der Waals surface area contributed by atoms with E-state index in [-0.39, 0.29) is 25.8 Å². The number of carbonyl (C=O) groups excluding carboxylic acids is 1. The van der Waals surface area contributed by atoms with E-state index in [0.717, 1.165) is 19.3 Å². The number of nitrogens with one attached hydrogen (secondary N) is 1. The van der Waals surface area contributed by atoms with Gasteiger partial charge in [-0.1, -0.05) is 84.0 Å². The molecule has 0 bridgehead atoms. The van der Waals surface area contributed by atoms with Crippen molar-refractivity contribution in [3.8, 4) is 0 Å². The van der Waals surface area contributed by atoms with Crippen LogP contribution in [0, 0.1) is 0 Å². The molecule has 0 aromatic heterocycles. The lowest BCUT2D eigenvalue weighted by Gasteiger charge is -2.29. The number of esters is 1. The van der Waals surface area contributed by atoms with Gasteiger partial charge in [0.05, 0.1) is 33.3 Å². The van der Waals surface area contributed by atoms with Crippen molar-refractivity contribution in [2.24, 2.45) is 0 Å². The highest BCUT2D eigenvalue weighted by atomic mass is 31.2. The number of hydrogen-bond donors (Lipinski definition) is 2. The minimum atomic E-state index is -4.17. The van der Waals surface area contributed by atoms with E-state index in [1.807, 2.05) is 21.1 Å². The summed E-state index contributed by atoms with van der Waals surface area (Å²) in [7, 11) is 3.44. The Bertz CT molecular complexity index is 585. The van der Waals surface area contributed by atoms with Crippen LogP contribution >= 0.6 is 7.82 Å². The number of ether oxygens (including phenoxy) is 1. The Labute approximate surface area is 215 Å². The minimum absolute atomic E-state index is 0.0552. The van der Waals surface area contributed by atoms with Gasteiger partial charge in [-0.2, -0.15) is 0 Å². The Balaban J connectivity index is 3.87. The van der Waals surface area contributed by atoms with E-state index in [1.54, 1.807) is 14.0 Å². The van der Waals surface area contributed by atoms with E-state index in [2.05, 4.69) is 12.2 Å². The van der Waals surface area contributed by atoms with Gasteiger partial charge in [0, 0.05) is 6.42 Å². The van der Waals surface area contributed by atoms with Crippen LogP contribution in [0.1, 0.15) is 104 Å². The molecule has 2 N–H and O–H groups in total. The molecule has 9 heteroatoms. The average molecular weight is 524 g/mol. The van der Waals surface area contributed by atoms with Crippen molar-refractivity contribution in [2.75, 3.05) is 54.6 Å². The number of unbranched alkanes of at least 4 members (excludes halogenated alkanes) is 12. The van der Waals surface area contributed by atoms with Crippen LogP contribution in [0.15, 0.2) is 0 Å². The summed E-state index contributed by atoms with van der Waals surface area (Å²) in [6.45, 7) is 4.66. The highest BCUT2D eigenvalue weighted by Crippen LogP contribution is 2.43. The second kappa shape index (κ2) is 19.6. The number of carbonyl (C=O) groups is 1. The molecule has 0 saturated heterocycles. The standard InChI is InChI=1S/C26H55N2O6P/c1-7-8-9-10-11-12-13-14-15-16-17-18-19-20-25(29)32-23-26(2,27-3)24-34-35(30,31)33-22-21-28(4,5)6/h27H,7-24H2,1-6H3/p+1. The fraction of sp³-hybridized carbons (Fsp3) is 0.962. The van der Waals surface area contributed by atoms with Crippen LogP contribution in [-0.2, 0) is 23.1 Å². The smallest absolute Gasteiger partial charge is 0.464 e. The first-order valence-corrected chi connectivity index (χ1v) is 15.2. The van der Waals surface area contributed by atoms with E-state index < -0.39 is 13.4 Å². The second-order valence-electron chi connectivity index (χ2n) is 11.1. The zero-order valence-electron chi connectivity index (χ0n) is 23.6. The van der Waals surface area contributed by atoms with E-state index in [0.29, 0.717) is 17.4 Å². The summed E-state index contributed by atoms with van der Waals surface area (Å²) >= 11 is 0. The molecular formula is C26H56N2O6P+. The van der Waals surface area contributed by atoms with Gasteiger partial charge < -0.3 is 19.4 Å². The van der Waals surface area contributed by atoms with Crippen molar-refractivity contribution < 1.29 is 32.5 Å². The molecule has 0 spiro atoms. The predicted molar refractivity (Wildman–Crippen MR) is 143 cm³/mol. The molecule has 0 aliphatic carbocycles. The Morgan fingerprint density at radius 3 is 1.80 bits per heavy atom. The molecule has 0 aliphatic rings. The molecule has 0 aliphatic heterocycles. The molecule has 0 heterocycles. The highest BCUT2D eigenvalue weighted by molar-refractivity contribution is 7.47. The molecule has 0 rings (SSSR count). The summed E-state index contributed by atoms with van der Waals surface area (Å²) < 4.78 is 28.3. The van der Waals surface area contributed by atoms with Crippen molar-refractivity contribution in [1.29, 1.82) is 0 Å². The number of quaternary nitrogens is 1. The molecule has 0 aromatic rings. The predicted octanol–water partition coefficient (Wildman–Crippen LogP) is 5.83. The van der Waals surface area contributed by atoms with E-state index in [1.165, 1.54) is 64.2 Å². The quantitative estimate of drug-likeness (QED) is 0.0711. The summed E-state index contributed by atoms with van der Waals surface area (Å²) in [6, 6.07) is 0. The number of hydrogen-bond acceptors (Lipinski definition) is 6. The maximum Gasteiger partial charge on any atom is 0.472 e. The topological polar surface area (TPSA) is 94.1 Å². The zero-order valence-corrected chi connectivity index (χ0v) is 24.5. The first kappa shape index (κ1) is 34.5. The van der Waals surface area contributed by atoms with Gasteiger partial charge in [0.25, 0.3) is 0 Å². The molecule has 2 atom stereocenters. The fourth-order valence-corrected chi connectivity index (χ4v) is 4.31. The van der Waals surface area contributed by atoms with E-state index in [9.17, 15) is 14.3 Å². The number of rotatable bonds is 24. The zero-order chi connectivity index (χ0) is 26.6. The number of phosphoric acid groups is 1. The second-order valence-corrected chi connectivity index (χ2v) is 12.5. The van der Waals surface area contributed by atoms with Crippen LogP contribution in [-0.4, -0.2) is 75.4 Å². The molecule has 8 nitrogen and oxygen atoms in total. The maximum absolute atomic E-state index is 12.1. The maximum atomic E-state index is 12.1. The summed E-state index contributed by atoms with van der Waals surface area (Å²) in [4.78, 5) is 22.0. The highest BCUT2D eigenvalue weighted by Gasteiger charge is 2.31. The molecule has 0 amide bonds. The third kappa shape index (κ3) is 22.4. The lowest BCUT2D eigenvalue weighted by molar-refractivity contribution is -0.870. The van der Waals surface area contributed by atoms with Crippen LogP contribution < -0.4 is 5.32 Å². The monoisotopic (exact) mass is 523 g/mol. The first-order valence-electron chi connectivity index (χ1n) is 13.7. The van der Waals surface area contributed by atoms with Crippen LogP contribution in [0.25, 0.3) is 0 Å². The summed E-state index contributed by atoms with van der Waals surface area (Å²) in [5, 5.41) is 3.01. The Morgan fingerprint density at radius 1 is 0.857 bits per heavy atom. The van der Waals surface area contributed by atoms with Gasteiger partial charge in [-0.15, -0.1) is 0 Å². The SMILES string of the molecule is CCCCCCCCCCCCCCCC(=O)OCC(C)(COP(=O)(O)OCC[N+](C)(C)C)NC. The Kier molecular flexibility index (Phi) is 19.3. The third-order valence-corrected chi connectivity index (χ3v) is 7.17. The van der Waals surface area contributed by atoms with Crippen molar-refractivity contribution in [3.05, 3.63) is 0 Å². The molecule has 0 saturated carbocycles. The summed E-state index contributed by atoms with van der Waals surface area (Å²) in [5.41, 5.74) is -0.784. The lowest BCUT2D eigenvalue weighted by atomic mass is 10.0. The summed E-state index contributed by atoms with van der Waals surface area (Å²) in [5.74, 6) is -0.249. The Hall–Kier alpha value is -0.500. The minimum Gasteiger partial charge on any atom is -0.464 e. The van der Waals surface area contributed by atoms with Crippen molar-refractivity contribution in [2.45, 2.75) is 109 Å². The molecule has 0 radical (unpaired) electrons. The number of phosphoric ester groups is 1. The van der Waals surface area contributed by atoms with Crippen LogP contribution in [0.4, 0.5) is 0 Å². The van der Waals surface area contributed by atoms with E-state index >= 15 is 0 Å². The number of likely N-dealkylation sites (N-methyl/N-ethyl adjacent to an activating group) is 2. The summed E-state index contributed by atoms with van der Waals surface area (Å²) in [6.07, 6.45) is 16.8. The first-order chi connectivity index (χ1) is 16.4. The average Bonchev–Trinajstić information content (AvgIpc) is 2.78. The van der Waals surface area contributed by atoms with Crippen LogP contribution in [0.2, 0.25) is 0 Å².